The normalized spacial score (nSPS) is 12.5. The van der Waals surface area contributed by atoms with Crippen molar-refractivity contribution < 1.29 is 19.3 Å². The maximum atomic E-state index is 13.7. The minimum Gasteiger partial charge on any atom is -0.439 e. The second-order valence-corrected chi connectivity index (χ2v) is 7.69. The molecule has 0 aliphatic rings. The Morgan fingerprint density at radius 2 is 1.43 bits per heavy atom. The molecule has 0 aliphatic heterocycles. The summed E-state index contributed by atoms with van der Waals surface area (Å²) in [5.41, 5.74) is 0.665. The first-order valence-electron chi connectivity index (χ1n) is 7.36. The first-order chi connectivity index (χ1) is 11.0. The molecule has 1 unspecified atom stereocenters. The van der Waals surface area contributed by atoms with Crippen molar-refractivity contribution in [2.45, 2.75) is 20.0 Å². The molecule has 122 valence electrons. The highest BCUT2D eigenvalue weighted by atomic mass is 31.2. The fourth-order valence-electron chi connectivity index (χ4n) is 2.21. The molecule has 0 aliphatic carbocycles. The monoisotopic (exact) mass is 332 g/mol. The van der Waals surface area contributed by atoms with Gasteiger partial charge >= 0.3 is 7.37 Å². The lowest BCUT2D eigenvalue weighted by atomic mass is 10.2. The highest BCUT2D eigenvalue weighted by Crippen LogP contribution is 2.47. The Morgan fingerprint density at radius 1 is 1.00 bits per heavy atom. The van der Waals surface area contributed by atoms with Gasteiger partial charge in [-0.15, -0.1) is 0 Å². The Balaban J connectivity index is 2.56. The van der Waals surface area contributed by atoms with Crippen molar-refractivity contribution in [2.24, 2.45) is 0 Å². The van der Waals surface area contributed by atoms with Crippen molar-refractivity contribution in [1.82, 2.24) is 0 Å². The molecule has 0 radical (unpaired) electrons. The van der Waals surface area contributed by atoms with E-state index in [4.69, 9.17) is 4.52 Å². The lowest BCUT2D eigenvalue weighted by Gasteiger charge is -2.25. The van der Waals surface area contributed by atoms with Crippen LogP contribution in [0.2, 0.25) is 0 Å². The van der Waals surface area contributed by atoms with Crippen LogP contribution in [0.5, 0.6) is 0 Å². The predicted octanol–water partition coefficient (Wildman–Crippen LogP) is 2.58. The van der Waals surface area contributed by atoms with Crippen LogP contribution in [0.1, 0.15) is 13.8 Å². The molecule has 23 heavy (non-hydrogen) atoms. The van der Waals surface area contributed by atoms with E-state index >= 15 is 0 Å². The summed E-state index contributed by atoms with van der Waals surface area (Å²) in [4.78, 5) is 0. The highest BCUT2D eigenvalue weighted by Gasteiger charge is 2.32. The Morgan fingerprint density at radius 3 is 1.78 bits per heavy atom. The minimum atomic E-state index is -3.43. The summed E-state index contributed by atoms with van der Waals surface area (Å²) in [5.74, 6) is 0.142. The Hall–Kier alpha value is -1.87. The summed E-state index contributed by atoms with van der Waals surface area (Å²) in [6.07, 6.45) is -1.21. The molecule has 0 saturated carbocycles. The molecule has 4 nitrogen and oxygen atoms in total. The second kappa shape index (κ2) is 7.60. The highest BCUT2D eigenvalue weighted by molar-refractivity contribution is 7.74. The van der Waals surface area contributed by atoms with Gasteiger partial charge in [-0.05, 0) is 43.7 Å². The average Bonchev–Trinajstić information content (AvgIpc) is 2.60. The Kier molecular flexibility index (Phi) is 5.78. The van der Waals surface area contributed by atoms with Crippen molar-refractivity contribution in [3.63, 3.8) is 0 Å². The van der Waals surface area contributed by atoms with E-state index in [1.54, 1.807) is 62.4 Å². The fraction of sp³-hybridized carbons (Fsp3) is 0.222. The first kappa shape index (κ1) is 17.5. The van der Waals surface area contributed by atoms with Gasteiger partial charge in [-0.3, -0.25) is 4.57 Å². The van der Waals surface area contributed by atoms with Crippen LogP contribution in [0, 0.1) is 0 Å². The van der Waals surface area contributed by atoms with E-state index in [1.165, 1.54) is 0 Å². The van der Waals surface area contributed by atoms with Gasteiger partial charge in [-0.25, -0.2) is 0 Å². The van der Waals surface area contributed by atoms with Crippen molar-refractivity contribution >= 4 is 18.0 Å². The molecule has 2 aromatic rings. The van der Waals surface area contributed by atoms with Crippen molar-refractivity contribution in [2.75, 3.05) is 6.61 Å². The van der Waals surface area contributed by atoms with Gasteiger partial charge in [0.15, 0.2) is 0 Å². The quantitative estimate of drug-likeness (QED) is 0.630. The van der Waals surface area contributed by atoms with Crippen LogP contribution in [0.4, 0.5) is 0 Å². The van der Waals surface area contributed by atoms with Gasteiger partial charge in [0.2, 0.25) is 0 Å². The maximum Gasteiger partial charge on any atom is 0.306 e. The standard InChI is InChI=1S/C18H21O4P/c1-14(2)18(17(20)13-19)22-23(21,15-9-5-3-6-10-15)16-11-7-4-8-12-16/h3-12,17,19-20H,13H2,1-2H3. The van der Waals surface area contributed by atoms with Crippen LogP contribution in [-0.4, -0.2) is 22.9 Å². The van der Waals surface area contributed by atoms with Crippen molar-refractivity contribution in [3.05, 3.63) is 72.0 Å². The van der Waals surface area contributed by atoms with Gasteiger partial charge < -0.3 is 14.7 Å². The number of rotatable bonds is 6. The zero-order valence-electron chi connectivity index (χ0n) is 13.2. The molecule has 0 bridgehead atoms. The summed E-state index contributed by atoms with van der Waals surface area (Å²) in [6.45, 7) is 2.99. The van der Waals surface area contributed by atoms with Crippen LogP contribution >= 0.6 is 7.37 Å². The van der Waals surface area contributed by atoms with E-state index in [2.05, 4.69) is 0 Å². The van der Waals surface area contributed by atoms with E-state index in [1.807, 2.05) is 12.1 Å². The average molecular weight is 332 g/mol. The van der Waals surface area contributed by atoms with E-state index in [-0.39, 0.29) is 5.76 Å². The number of hydrogen-bond donors (Lipinski definition) is 2. The lowest BCUT2D eigenvalue weighted by Crippen LogP contribution is -2.24. The second-order valence-electron chi connectivity index (χ2n) is 5.38. The number of benzene rings is 2. The third-order valence-corrected chi connectivity index (χ3v) is 5.80. The van der Waals surface area contributed by atoms with Crippen molar-refractivity contribution in [3.8, 4) is 0 Å². The zero-order chi connectivity index (χ0) is 16.9. The summed E-state index contributed by atoms with van der Waals surface area (Å²) < 4.78 is 19.6. The van der Waals surface area contributed by atoms with Crippen LogP contribution < -0.4 is 10.6 Å². The molecule has 1 atom stereocenters. The van der Waals surface area contributed by atoms with E-state index in [0.717, 1.165) is 0 Å². The summed E-state index contributed by atoms with van der Waals surface area (Å²) in [6, 6.07) is 17.8. The molecule has 0 amide bonds. The minimum absolute atomic E-state index is 0.142. The largest absolute Gasteiger partial charge is 0.439 e. The molecule has 2 N–H and O–H groups in total. The smallest absolute Gasteiger partial charge is 0.306 e. The number of aliphatic hydroxyl groups is 2. The fourth-order valence-corrected chi connectivity index (χ4v) is 4.43. The van der Waals surface area contributed by atoms with E-state index in [0.29, 0.717) is 16.2 Å². The summed E-state index contributed by atoms with van der Waals surface area (Å²) in [7, 11) is -3.43. The molecule has 0 spiro atoms. The Labute approximate surface area is 136 Å². The van der Waals surface area contributed by atoms with Gasteiger partial charge in [-0.2, -0.15) is 0 Å². The predicted molar refractivity (Wildman–Crippen MR) is 92.3 cm³/mol. The third kappa shape index (κ3) is 3.91. The molecule has 0 heterocycles. The lowest BCUT2D eigenvalue weighted by molar-refractivity contribution is 0.0921. The number of aliphatic hydroxyl groups excluding tert-OH is 2. The van der Waals surface area contributed by atoms with Gasteiger partial charge in [0, 0.05) is 0 Å². The third-order valence-electron chi connectivity index (χ3n) is 3.39. The summed E-state index contributed by atoms with van der Waals surface area (Å²) >= 11 is 0. The SMILES string of the molecule is CC(C)=C(OP(=O)(c1ccccc1)c1ccccc1)C(O)CO. The first-order valence-corrected chi connectivity index (χ1v) is 8.98. The van der Waals surface area contributed by atoms with Gasteiger partial charge in [-0.1, -0.05) is 36.4 Å². The molecular weight excluding hydrogens is 311 g/mol. The van der Waals surface area contributed by atoms with Crippen LogP contribution in [-0.2, 0) is 9.09 Å². The molecule has 0 fully saturated rings. The van der Waals surface area contributed by atoms with Gasteiger partial charge in [0.05, 0.1) is 17.2 Å². The van der Waals surface area contributed by atoms with Crippen LogP contribution in [0.25, 0.3) is 0 Å². The van der Waals surface area contributed by atoms with Gasteiger partial charge in [0.1, 0.15) is 11.9 Å². The Bertz CT molecular complexity index is 663. The molecule has 2 rings (SSSR count). The summed E-state index contributed by atoms with van der Waals surface area (Å²) in [5, 5.41) is 20.3. The topological polar surface area (TPSA) is 66.8 Å². The molecule has 2 aromatic carbocycles. The molecular formula is C18H21O4P. The van der Waals surface area contributed by atoms with Crippen molar-refractivity contribution in [1.29, 1.82) is 0 Å². The van der Waals surface area contributed by atoms with Gasteiger partial charge in [0.25, 0.3) is 0 Å². The number of allylic oxidation sites excluding steroid dienone is 1. The van der Waals surface area contributed by atoms with E-state index in [9.17, 15) is 14.8 Å². The zero-order valence-corrected chi connectivity index (χ0v) is 14.1. The maximum absolute atomic E-state index is 13.7. The van der Waals surface area contributed by atoms with Crippen LogP contribution in [0.3, 0.4) is 0 Å². The van der Waals surface area contributed by atoms with E-state index < -0.39 is 20.1 Å². The van der Waals surface area contributed by atoms with Crippen LogP contribution in [0.15, 0.2) is 72.0 Å². The molecule has 5 heteroatoms. The molecule has 0 saturated heterocycles. The number of hydrogen-bond acceptors (Lipinski definition) is 4. The molecule has 0 aromatic heterocycles.